The Morgan fingerprint density at radius 1 is 0.826 bits per heavy atom. The summed E-state index contributed by atoms with van der Waals surface area (Å²) in [6, 6.07) is 20.2. The van der Waals surface area contributed by atoms with E-state index >= 15 is 0 Å². The van der Waals surface area contributed by atoms with Gasteiger partial charge in [0.05, 0.1) is 4.90 Å². The van der Waals surface area contributed by atoms with E-state index in [0.29, 0.717) is 17.2 Å². The summed E-state index contributed by atoms with van der Waals surface area (Å²) in [5, 5.41) is 1.46. The number of nitrogens with one attached hydrogen (secondary N) is 1. The normalized spacial score (nSPS) is 12.9. The molecule has 5 heteroatoms. The molecule has 4 nitrogen and oxygen atoms in total. The van der Waals surface area contributed by atoms with E-state index in [9.17, 15) is 13.2 Å². The number of sulfonamides is 1. The molecule has 1 atom stereocenters. The molecular weight excluding hydrogens is 310 g/mol. The van der Waals surface area contributed by atoms with Crippen LogP contribution in [-0.4, -0.2) is 14.7 Å². The van der Waals surface area contributed by atoms with Gasteiger partial charge >= 0.3 is 0 Å². The van der Waals surface area contributed by atoms with E-state index in [0.717, 1.165) is 5.39 Å². The molecule has 1 unspecified atom stereocenters. The summed E-state index contributed by atoms with van der Waals surface area (Å²) in [6.45, 7) is 0. The van der Waals surface area contributed by atoms with E-state index < -0.39 is 16.1 Å². The molecule has 0 aliphatic carbocycles. The molecule has 3 aromatic carbocycles. The van der Waals surface area contributed by atoms with Crippen molar-refractivity contribution >= 4 is 27.1 Å². The summed E-state index contributed by atoms with van der Waals surface area (Å²) in [5.74, 6) is 0. The van der Waals surface area contributed by atoms with Gasteiger partial charge in [-0.1, -0.05) is 66.7 Å². The van der Waals surface area contributed by atoms with Crippen LogP contribution in [0.5, 0.6) is 0 Å². The Balaban J connectivity index is 2.02. The quantitative estimate of drug-likeness (QED) is 0.733. The average molecular weight is 325 g/mol. The van der Waals surface area contributed by atoms with Gasteiger partial charge in [-0.05, 0) is 17.0 Å². The summed E-state index contributed by atoms with van der Waals surface area (Å²) in [4.78, 5) is 11.5. The minimum absolute atomic E-state index is 0.165. The number of carbonyl (C=O) groups is 1. The highest BCUT2D eigenvalue weighted by Crippen LogP contribution is 2.24. The molecule has 0 spiro atoms. The molecule has 0 aliphatic rings. The lowest BCUT2D eigenvalue weighted by Crippen LogP contribution is -2.29. The van der Waals surface area contributed by atoms with Gasteiger partial charge in [-0.2, -0.15) is 4.72 Å². The fourth-order valence-corrected chi connectivity index (χ4v) is 3.88. The maximum absolute atomic E-state index is 12.7. The molecule has 116 valence electrons. The van der Waals surface area contributed by atoms with E-state index in [1.54, 1.807) is 42.5 Å². The first-order chi connectivity index (χ1) is 11.1. The van der Waals surface area contributed by atoms with Crippen LogP contribution in [0.25, 0.3) is 10.8 Å². The molecule has 0 saturated heterocycles. The summed E-state index contributed by atoms with van der Waals surface area (Å²) >= 11 is 0. The van der Waals surface area contributed by atoms with Crippen molar-refractivity contribution in [3.8, 4) is 0 Å². The van der Waals surface area contributed by atoms with E-state index in [1.165, 1.54) is 6.07 Å². The standard InChI is InChI=1S/C18H15NO3S/c20-13-17(15-8-2-1-3-9-15)19-23(21,22)18-12-6-10-14-7-4-5-11-16(14)18/h1-13,17,19H. The zero-order valence-corrected chi connectivity index (χ0v) is 13.0. The third-order valence-corrected chi connectivity index (χ3v) is 5.12. The number of aldehydes is 1. The third kappa shape index (κ3) is 3.16. The van der Waals surface area contributed by atoms with Gasteiger partial charge in [-0.15, -0.1) is 0 Å². The van der Waals surface area contributed by atoms with Crippen molar-refractivity contribution < 1.29 is 13.2 Å². The second kappa shape index (κ2) is 6.32. The molecule has 3 aromatic rings. The molecule has 0 bridgehead atoms. The van der Waals surface area contributed by atoms with Crippen molar-refractivity contribution in [1.29, 1.82) is 0 Å². The predicted octanol–water partition coefficient (Wildman–Crippen LogP) is 3.06. The highest BCUT2D eigenvalue weighted by atomic mass is 32.2. The summed E-state index contributed by atoms with van der Waals surface area (Å²) in [6.07, 6.45) is 0.595. The molecule has 0 amide bonds. The Hall–Kier alpha value is -2.50. The van der Waals surface area contributed by atoms with Gasteiger partial charge in [0.25, 0.3) is 0 Å². The van der Waals surface area contributed by atoms with Crippen LogP contribution in [0.15, 0.2) is 77.7 Å². The highest BCUT2D eigenvalue weighted by Gasteiger charge is 2.22. The molecule has 0 radical (unpaired) electrons. The third-order valence-electron chi connectivity index (χ3n) is 3.62. The van der Waals surface area contributed by atoms with Crippen molar-refractivity contribution in [2.75, 3.05) is 0 Å². The van der Waals surface area contributed by atoms with Crippen LogP contribution in [0.1, 0.15) is 11.6 Å². The number of fused-ring (bicyclic) bond motifs is 1. The van der Waals surface area contributed by atoms with Gasteiger partial charge in [-0.3, -0.25) is 0 Å². The fraction of sp³-hybridized carbons (Fsp3) is 0.0556. The lowest BCUT2D eigenvalue weighted by Gasteiger charge is -2.15. The van der Waals surface area contributed by atoms with Crippen molar-refractivity contribution in [2.24, 2.45) is 0 Å². The Kier molecular flexibility index (Phi) is 4.23. The predicted molar refractivity (Wildman–Crippen MR) is 89.5 cm³/mol. The molecule has 0 heterocycles. The highest BCUT2D eigenvalue weighted by molar-refractivity contribution is 7.89. The van der Waals surface area contributed by atoms with Gasteiger partial charge in [0, 0.05) is 5.39 Å². The van der Waals surface area contributed by atoms with Crippen LogP contribution >= 0.6 is 0 Å². The molecule has 0 saturated carbocycles. The van der Waals surface area contributed by atoms with E-state index in [4.69, 9.17) is 0 Å². The molecule has 23 heavy (non-hydrogen) atoms. The largest absolute Gasteiger partial charge is 0.301 e. The lowest BCUT2D eigenvalue weighted by atomic mass is 10.1. The number of hydrogen-bond acceptors (Lipinski definition) is 3. The van der Waals surface area contributed by atoms with Crippen molar-refractivity contribution in [1.82, 2.24) is 4.72 Å². The van der Waals surface area contributed by atoms with Crippen molar-refractivity contribution in [3.05, 3.63) is 78.4 Å². The minimum atomic E-state index is -3.83. The molecule has 3 rings (SSSR count). The monoisotopic (exact) mass is 325 g/mol. The smallest absolute Gasteiger partial charge is 0.242 e. The van der Waals surface area contributed by atoms with Gasteiger partial charge < -0.3 is 4.79 Å². The maximum atomic E-state index is 12.7. The van der Waals surface area contributed by atoms with Gasteiger partial charge in [0.1, 0.15) is 12.3 Å². The summed E-state index contributed by atoms with van der Waals surface area (Å²) in [7, 11) is -3.83. The van der Waals surface area contributed by atoms with Gasteiger partial charge in [0.15, 0.2) is 0 Å². The molecule has 0 aliphatic heterocycles. The molecule has 0 fully saturated rings. The van der Waals surface area contributed by atoms with Crippen LogP contribution in [0.4, 0.5) is 0 Å². The van der Waals surface area contributed by atoms with Crippen LogP contribution < -0.4 is 4.72 Å². The minimum Gasteiger partial charge on any atom is -0.301 e. The second-order valence-electron chi connectivity index (χ2n) is 5.12. The van der Waals surface area contributed by atoms with E-state index in [-0.39, 0.29) is 4.90 Å². The lowest BCUT2D eigenvalue weighted by molar-refractivity contribution is -0.109. The van der Waals surface area contributed by atoms with Crippen LogP contribution in [0, 0.1) is 0 Å². The van der Waals surface area contributed by atoms with E-state index in [2.05, 4.69) is 4.72 Å². The molecule has 0 aromatic heterocycles. The topological polar surface area (TPSA) is 63.2 Å². The first-order valence-electron chi connectivity index (χ1n) is 7.12. The zero-order chi connectivity index (χ0) is 16.3. The first-order valence-corrected chi connectivity index (χ1v) is 8.60. The maximum Gasteiger partial charge on any atom is 0.242 e. The number of carbonyl (C=O) groups excluding carboxylic acids is 1. The Labute approximate surface area is 134 Å². The fourth-order valence-electron chi connectivity index (χ4n) is 2.50. The summed E-state index contributed by atoms with van der Waals surface area (Å²) < 4.78 is 27.9. The van der Waals surface area contributed by atoms with Crippen LogP contribution in [0.3, 0.4) is 0 Å². The van der Waals surface area contributed by atoms with Crippen LogP contribution in [-0.2, 0) is 14.8 Å². The van der Waals surface area contributed by atoms with Gasteiger partial charge in [0.2, 0.25) is 10.0 Å². The Bertz CT molecular complexity index is 931. The summed E-state index contributed by atoms with van der Waals surface area (Å²) in [5.41, 5.74) is 0.603. The molecular formula is C18H15NO3S. The molecule has 1 N–H and O–H groups in total. The van der Waals surface area contributed by atoms with Crippen LogP contribution in [0.2, 0.25) is 0 Å². The number of benzene rings is 3. The Morgan fingerprint density at radius 2 is 1.48 bits per heavy atom. The van der Waals surface area contributed by atoms with Gasteiger partial charge in [-0.25, -0.2) is 8.42 Å². The number of rotatable bonds is 5. The number of hydrogen-bond donors (Lipinski definition) is 1. The van der Waals surface area contributed by atoms with Crippen molar-refractivity contribution in [2.45, 2.75) is 10.9 Å². The second-order valence-corrected chi connectivity index (χ2v) is 6.81. The first kappa shape index (κ1) is 15.4. The van der Waals surface area contributed by atoms with E-state index in [1.807, 2.05) is 24.3 Å². The zero-order valence-electron chi connectivity index (χ0n) is 12.2. The van der Waals surface area contributed by atoms with Crippen molar-refractivity contribution in [3.63, 3.8) is 0 Å². The SMILES string of the molecule is O=CC(NS(=O)(=O)c1cccc2ccccc12)c1ccccc1. The average Bonchev–Trinajstić information content (AvgIpc) is 2.60. The Morgan fingerprint density at radius 3 is 2.22 bits per heavy atom.